The lowest BCUT2D eigenvalue weighted by molar-refractivity contribution is 0.102. The predicted molar refractivity (Wildman–Crippen MR) is 129 cm³/mol. The molecular weight excluding hydrogens is 368 g/mol. The first-order chi connectivity index (χ1) is 14.5. The molecule has 1 aliphatic rings. The summed E-state index contributed by atoms with van der Waals surface area (Å²) in [6, 6.07) is 12.4. The van der Waals surface area contributed by atoms with E-state index in [1.165, 1.54) is 22.3 Å². The van der Waals surface area contributed by atoms with E-state index in [1.54, 1.807) is 0 Å². The van der Waals surface area contributed by atoms with Gasteiger partial charge in [0, 0.05) is 17.8 Å². The Balaban J connectivity index is 1.76. The van der Waals surface area contributed by atoms with Crippen molar-refractivity contribution >= 4 is 22.7 Å². The lowest BCUT2D eigenvalue weighted by Gasteiger charge is -2.17. The highest BCUT2D eigenvalue weighted by atomic mass is 16.1. The second-order valence-corrected chi connectivity index (χ2v) is 8.08. The summed E-state index contributed by atoms with van der Waals surface area (Å²) in [5, 5.41) is 6.45. The van der Waals surface area contributed by atoms with Gasteiger partial charge in [-0.25, -0.2) is 0 Å². The third-order valence-electron chi connectivity index (χ3n) is 5.71. The molecule has 0 spiro atoms. The van der Waals surface area contributed by atoms with E-state index in [4.69, 9.17) is 0 Å². The Morgan fingerprint density at radius 1 is 1.07 bits per heavy atom. The molecule has 0 saturated heterocycles. The van der Waals surface area contributed by atoms with Gasteiger partial charge in [-0.2, -0.15) is 0 Å². The number of hydrogen-bond donors (Lipinski definition) is 2. The highest BCUT2D eigenvalue weighted by Gasteiger charge is 2.13. The van der Waals surface area contributed by atoms with Gasteiger partial charge in [-0.15, -0.1) is 0 Å². The molecule has 3 nitrogen and oxygen atoms in total. The van der Waals surface area contributed by atoms with Crippen LogP contribution in [0.5, 0.6) is 0 Å². The van der Waals surface area contributed by atoms with E-state index in [0.29, 0.717) is 5.56 Å². The van der Waals surface area contributed by atoms with Gasteiger partial charge in [0.05, 0.1) is 0 Å². The van der Waals surface area contributed by atoms with Crippen LogP contribution in [0.1, 0.15) is 72.1 Å². The fourth-order valence-corrected chi connectivity index (χ4v) is 4.11. The lowest BCUT2D eigenvalue weighted by Crippen LogP contribution is -2.20. The molecule has 3 rings (SSSR count). The van der Waals surface area contributed by atoms with Crippen molar-refractivity contribution in [2.75, 3.05) is 18.4 Å². The van der Waals surface area contributed by atoms with Gasteiger partial charge in [0.25, 0.3) is 5.91 Å². The van der Waals surface area contributed by atoms with E-state index in [9.17, 15) is 4.79 Å². The molecule has 0 aromatic heterocycles. The van der Waals surface area contributed by atoms with Crippen LogP contribution in [0.3, 0.4) is 0 Å². The minimum atomic E-state index is -0.0577. The summed E-state index contributed by atoms with van der Waals surface area (Å²) in [6.45, 7) is 10.5. The van der Waals surface area contributed by atoms with Gasteiger partial charge in [0.2, 0.25) is 0 Å². The molecule has 0 aliphatic carbocycles. The molecule has 0 bridgehead atoms. The number of rotatable bonds is 7. The number of hydrogen-bond acceptors (Lipinski definition) is 2. The Bertz CT molecular complexity index is 969. The Hall–Kier alpha value is -2.65. The van der Waals surface area contributed by atoms with Crippen molar-refractivity contribution in [1.29, 1.82) is 0 Å². The number of aryl methyl sites for hydroxylation is 2. The minimum Gasteiger partial charge on any atom is -0.322 e. The molecule has 0 atom stereocenters. The van der Waals surface area contributed by atoms with Gasteiger partial charge in [0.1, 0.15) is 0 Å². The van der Waals surface area contributed by atoms with Crippen LogP contribution in [0.4, 0.5) is 5.69 Å². The fraction of sp³-hybridized carbons (Fsp3) is 0.370. The largest absolute Gasteiger partial charge is 0.322 e. The Labute approximate surface area is 181 Å². The van der Waals surface area contributed by atoms with Crippen molar-refractivity contribution in [2.24, 2.45) is 0 Å². The van der Waals surface area contributed by atoms with Crippen LogP contribution in [-0.2, 0) is 0 Å². The molecule has 3 heteroatoms. The summed E-state index contributed by atoms with van der Waals surface area (Å²) in [4.78, 5) is 12.9. The van der Waals surface area contributed by atoms with E-state index in [1.807, 2.05) is 18.2 Å². The SMILES string of the molecule is CC/C=C(\CCC)c1ccc(NC(=O)c2ccc(C3=CCNCC3)c(C)c2)c(C)c1. The molecular formula is C27H34N2O. The van der Waals surface area contributed by atoms with Crippen LogP contribution in [0.15, 0.2) is 48.6 Å². The maximum absolute atomic E-state index is 12.9. The summed E-state index contributed by atoms with van der Waals surface area (Å²) < 4.78 is 0. The van der Waals surface area contributed by atoms with Crippen LogP contribution in [0.25, 0.3) is 11.1 Å². The number of amides is 1. The number of allylic oxidation sites excluding steroid dienone is 2. The number of carbonyl (C=O) groups excluding carboxylic acids is 1. The molecule has 158 valence electrons. The molecule has 0 fully saturated rings. The number of nitrogens with one attached hydrogen (secondary N) is 2. The molecule has 1 heterocycles. The van der Waals surface area contributed by atoms with Crippen molar-refractivity contribution < 1.29 is 4.79 Å². The zero-order chi connectivity index (χ0) is 21.5. The van der Waals surface area contributed by atoms with Crippen LogP contribution in [0, 0.1) is 13.8 Å². The van der Waals surface area contributed by atoms with Crippen molar-refractivity contribution in [3.05, 3.63) is 76.4 Å². The van der Waals surface area contributed by atoms with Crippen molar-refractivity contribution in [3.8, 4) is 0 Å². The first kappa shape index (κ1) is 22.0. The molecule has 0 saturated carbocycles. The first-order valence-corrected chi connectivity index (χ1v) is 11.2. The normalized spacial score (nSPS) is 14.4. The zero-order valence-electron chi connectivity index (χ0n) is 18.8. The first-order valence-electron chi connectivity index (χ1n) is 11.2. The summed E-state index contributed by atoms with van der Waals surface area (Å²) in [5.74, 6) is -0.0577. The molecule has 30 heavy (non-hydrogen) atoms. The Morgan fingerprint density at radius 2 is 1.83 bits per heavy atom. The van der Waals surface area contributed by atoms with E-state index >= 15 is 0 Å². The van der Waals surface area contributed by atoms with Gasteiger partial charge in [-0.1, -0.05) is 44.6 Å². The molecule has 1 amide bonds. The maximum Gasteiger partial charge on any atom is 0.255 e. The van der Waals surface area contributed by atoms with Gasteiger partial charge >= 0.3 is 0 Å². The van der Waals surface area contributed by atoms with E-state index in [0.717, 1.165) is 55.6 Å². The molecule has 0 unspecified atom stereocenters. The van der Waals surface area contributed by atoms with Crippen LogP contribution in [-0.4, -0.2) is 19.0 Å². The zero-order valence-corrected chi connectivity index (χ0v) is 18.8. The van der Waals surface area contributed by atoms with Crippen molar-refractivity contribution in [1.82, 2.24) is 5.32 Å². The smallest absolute Gasteiger partial charge is 0.255 e. The van der Waals surface area contributed by atoms with E-state index in [2.05, 4.69) is 68.7 Å². The third kappa shape index (κ3) is 5.28. The van der Waals surface area contributed by atoms with Gasteiger partial charge in [-0.3, -0.25) is 4.79 Å². The van der Waals surface area contributed by atoms with E-state index < -0.39 is 0 Å². The fourth-order valence-electron chi connectivity index (χ4n) is 4.11. The monoisotopic (exact) mass is 402 g/mol. The highest BCUT2D eigenvalue weighted by Crippen LogP contribution is 2.27. The highest BCUT2D eigenvalue weighted by molar-refractivity contribution is 6.05. The molecule has 2 N–H and O–H groups in total. The Morgan fingerprint density at radius 3 is 2.47 bits per heavy atom. The van der Waals surface area contributed by atoms with Crippen LogP contribution >= 0.6 is 0 Å². The van der Waals surface area contributed by atoms with Crippen LogP contribution in [0.2, 0.25) is 0 Å². The summed E-state index contributed by atoms with van der Waals surface area (Å²) in [7, 11) is 0. The number of anilines is 1. The second-order valence-electron chi connectivity index (χ2n) is 8.08. The Kier molecular flexibility index (Phi) is 7.64. The van der Waals surface area contributed by atoms with Gasteiger partial charge in [0.15, 0.2) is 0 Å². The molecule has 1 aliphatic heterocycles. The van der Waals surface area contributed by atoms with Gasteiger partial charge < -0.3 is 10.6 Å². The third-order valence-corrected chi connectivity index (χ3v) is 5.71. The standard InChI is InChI=1S/C27H34N2O/c1-5-7-21(8-6-2)23-10-12-26(20(4)18-23)29-27(30)24-9-11-25(19(3)17-24)22-13-15-28-16-14-22/h7,9-13,17-18,28H,5-6,8,14-16H2,1-4H3,(H,29,30)/b21-7+. The topological polar surface area (TPSA) is 41.1 Å². The quantitative estimate of drug-likeness (QED) is 0.553. The maximum atomic E-state index is 12.9. The molecule has 0 radical (unpaired) electrons. The van der Waals surface area contributed by atoms with Gasteiger partial charge in [-0.05, 0) is 97.3 Å². The lowest BCUT2D eigenvalue weighted by atomic mass is 9.94. The van der Waals surface area contributed by atoms with Crippen molar-refractivity contribution in [2.45, 2.75) is 53.4 Å². The summed E-state index contributed by atoms with van der Waals surface area (Å²) in [5.41, 5.74) is 9.08. The molecule has 2 aromatic rings. The number of carbonyl (C=O) groups is 1. The average Bonchev–Trinajstić information content (AvgIpc) is 2.75. The van der Waals surface area contributed by atoms with Crippen molar-refractivity contribution in [3.63, 3.8) is 0 Å². The summed E-state index contributed by atoms with van der Waals surface area (Å²) >= 11 is 0. The average molecular weight is 403 g/mol. The van der Waals surface area contributed by atoms with E-state index in [-0.39, 0.29) is 5.91 Å². The minimum absolute atomic E-state index is 0.0577. The summed E-state index contributed by atoms with van der Waals surface area (Å²) in [6.07, 6.45) is 8.83. The number of benzene rings is 2. The molecule has 2 aromatic carbocycles. The second kappa shape index (κ2) is 10.4. The predicted octanol–water partition coefficient (Wildman–Crippen LogP) is 6.53. The van der Waals surface area contributed by atoms with Crippen LogP contribution < -0.4 is 10.6 Å².